The average molecular weight is 310 g/mol. The summed E-state index contributed by atoms with van der Waals surface area (Å²) in [5, 5.41) is 0. The minimum absolute atomic E-state index is 0.0409. The van der Waals surface area contributed by atoms with E-state index in [4.69, 9.17) is 14.2 Å². The average Bonchev–Trinajstić information content (AvgIpc) is 3.29. The molecule has 0 bridgehead atoms. The lowest BCUT2D eigenvalue weighted by Crippen LogP contribution is -2.40. The molecule has 2 heterocycles. The SMILES string of the molecule is C=CC[C@H](CC[C@H](C)[C@H](CCC)OC)C1CCOC[C@@]12CO2. The summed E-state index contributed by atoms with van der Waals surface area (Å²) in [4.78, 5) is 0. The minimum Gasteiger partial charge on any atom is -0.381 e. The molecule has 2 saturated heterocycles. The molecule has 2 aliphatic heterocycles. The summed E-state index contributed by atoms with van der Waals surface area (Å²) < 4.78 is 17.1. The van der Waals surface area contributed by atoms with Crippen molar-refractivity contribution in [1.82, 2.24) is 0 Å². The second-order valence-electron chi connectivity index (χ2n) is 7.20. The highest BCUT2D eigenvalue weighted by molar-refractivity contribution is 5.03. The predicted octanol–water partition coefficient (Wildman–Crippen LogP) is 4.22. The van der Waals surface area contributed by atoms with Crippen LogP contribution in [0.5, 0.6) is 0 Å². The number of methoxy groups -OCH3 is 1. The van der Waals surface area contributed by atoms with Crippen molar-refractivity contribution < 1.29 is 14.2 Å². The van der Waals surface area contributed by atoms with Crippen LogP contribution in [-0.2, 0) is 14.2 Å². The van der Waals surface area contributed by atoms with Gasteiger partial charge >= 0.3 is 0 Å². The second kappa shape index (κ2) is 8.47. The molecule has 3 heteroatoms. The first kappa shape index (κ1) is 18.0. The van der Waals surface area contributed by atoms with E-state index in [0.29, 0.717) is 23.9 Å². The molecule has 5 atom stereocenters. The van der Waals surface area contributed by atoms with Crippen molar-refractivity contribution in [3.63, 3.8) is 0 Å². The molecule has 1 spiro atoms. The molecule has 0 aromatic heterocycles. The molecular formula is C19H34O3. The molecule has 0 radical (unpaired) electrons. The number of epoxide rings is 1. The van der Waals surface area contributed by atoms with Crippen LogP contribution in [0.1, 0.15) is 52.4 Å². The fourth-order valence-electron chi connectivity index (χ4n) is 4.16. The van der Waals surface area contributed by atoms with Gasteiger partial charge in [0.25, 0.3) is 0 Å². The van der Waals surface area contributed by atoms with Crippen LogP contribution in [0.3, 0.4) is 0 Å². The quantitative estimate of drug-likeness (QED) is 0.447. The fourth-order valence-corrected chi connectivity index (χ4v) is 4.16. The van der Waals surface area contributed by atoms with Gasteiger partial charge in [-0.25, -0.2) is 0 Å². The number of ether oxygens (including phenoxy) is 3. The van der Waals surface area contributed by atoms with E-state index in [-0.39, 0.29) is 5.60 Å². The summed E-state index contributed by atoms with van der Waals surface area (Å²) in [5.41, 5.74) is 0.0409. The Bertz CT molecular complexity index is 338. The van der Waals surface area contributed by atoms with Crippen molar-refractivity contribution in [3.05, 3.63) is 12.7 Å². The first-order chi connectivity index (χ1) is 10.7. The Kier molecular flexibility index (Phi) is 6.91. The van der Waals surface area contributed by atoms with Crippen LogP contribution >= 0.6 is 0 Å². The van der Waals surface area contributed by atoms with Crippen LogP contribution in [0.25, 0.3) is 0 Å². The molecule has 0 saturated carbocycles. The normalized spacial score (nSPS) is 31.7. The standard InChI is InChI=1S/C19H34O3/c1-5-7-16(10-9-15(3)18(20-4)8-6-2)17-11-12-21-13-19(17)14-22-19/h5,15-18H,1,6-14H2,2-4H3/t15-,16+,17?,18-,19+/m0/s1. The third-order valence-electron chi connectivity index (χ3n) is 5.65. The van der Waals surface area contributed by atoms with Crippen LogP contribution in [0, 0.1) is 17.8 Å². The molecule has 2 aliphatic rings. The smallest absolute Gasteiger partial charge is 0.118 e. The fraction of sp³-hybridized carbons (Fsp3) is 0.895. The molecule has 0 aliphatic carbocycles. The van der Waals surface area contributed by atoms with Gasteiger partial charge in [-0.05, 0) is 49.9 Å². The Hall–Kier alpha value is -0.380. The van der Waals surface area contributed by atoms with E-state index in [0.717, 1.165) is 39.1 Å². The van der Waals surface area contributed by atoms with Crippen LogP contribution < -0.4 is 0 Å². The van der Waals surface area contributed by atoms with Crippen molar-refractivity contribution in [1.29, 1.82) is 0 Å². The summed E-state index contributed by atoms with van der Waals surface area (Å²) in [5.74, 6) is 1.93. The molecule has 128 valence electrons. The van der Waals surface area contributed by atoms with E-state index in [9.17, 15) is 0 Å². The Labute approximate surface area is 136 Å². The minimum atomic E-state index is 0.0409. The zero-order chi connectivity index (χ0) is 16.0. The van der Waals surface area contributed by atoms with Crippen molar-refractivity contribution in [2.45, 2.75) is 64.1 Å². The Morgan fingerprint density at radius 1 is 1.32 bits per heavy atom. The molecular weight excluding hydrogens is 276 g/mol. The van der Waals surface area contributed by atoms with Gasteiger partial charge in [-0.1, -0.05) is 26.3 Å². The van der Waals surface area contributed by atoms with Crippen molar-refractivity contribution in [3.8, 4) is 0 Å². The van der Waals surface area contributed by atoms with Gasteiger partial charge in [-0.2, -0.15) is 0 Å². The molecule has 0 aromatic rings. The molecule has 0 amide bonds. The molecule has 0 aromatic carbocycles. The second-order valence-corrected chi connectivity index (χ2v) is 7.20. The number of hydrogen-bond donors (Lipinski definition) is 0. The molecule has 1 unspecified atom stereocenters. The lowest BCUT2D eigenvalue weighted by atomic mass is 9.74. The largest absolute Gasteiger partial charge is 0.381 e. The van der Waals surface area contributed by atoms with Crippen LogP contribution in [-0.4, -0.2) is 38.6 Å². The van der Waals surface area contributed by atoms with Gasteiger partial charge in [-0.3, -0.25) is 0 Å². The van der Waals surface area contributed by atoms with Gasteiger partial charge in [0.05, 0.1) is 19.3 Å². The highest BCUT2D eigenvalue weighted by Crippen LogP contribution is 2.46. The molecule has 3 nitrogen and oxygen atoms in total. The van der Waals surface area contributed by atoms with Gasteiger partial charge in [-0.15, -0.1) is 6.58 Å². The van der Waals surface area contributed by atoms with E-state index in [1.165, 1.54) is 19.3 Å². The summed E-state index contributed by atoms with van der Waals surface area (Å²) in [7, 11) is 1.85. The van der Waals surface area contributed by atoms with E-state index in [1.54, 1.807) is 0 Å². The Morgan fingerprint density at radius 3 is 2.68 bits per heavy atom. The summed E-state index contributed by atoms with van der Waals surface area (Å²) in [6, 6.07) is 0. The van der Waals surface area contributed by atoms with Crippen molar-refractivity contribution in [2.24, 2.45) is 17.8 Å². The Balaban J connectivity index is 1.89. The van der Waals surface area contributed by atoms with Crippen LogP contribution in [0.2, 0.25) is 0 Å². The zero-order valence-corrected chi connectivity index (χ0v) is 14.7. The van der Waals surface area contributed by atoms with Gasteiger partial charge in [0.15, 0.2) is 0 Å². The summed E-state index contributed by atoms with van der Waals surface area (Å²) in [6.07, 6.45) is 9.53. The van der Waals surface area contributed by atoms with E-state index >= 15 is 0 Å². The highest BCUT2D eigenvalue weighted by atomic mass is 16.6. The molecule has 0 N–H and O–H groups in total. The van der Waals surface area contributed by atoms with Crippen LogP contribution in [0.15, 0.2) is 12.7 Å². The third-order valence-corrected chi connectivity index (χ3v) is 5.65. The lowest BCUT2D eigenvalue weighted by molar-refractivity contribution is -0.0279. The third kappa shape index (κ3) is 4.33. The molecule has 2 rings (SSSR count). The molecule has 2 fully saturated rings. The summed E-state index contributed by atoms with van der Waals surface area (Å²) in [6.45, 7) is 11.1. The molecule has 22 heavy (non-hydrogen) atoms. The lowest BCUT2D eigenvalue weighted by Gasteiger charge is -2.36. The number of hydrogen-bond acceptors (Lipinski definition) is 3. The van der Waals surface area contributed by atoms with Gasteiger partial charge < -0.3 is 14.2 Å². The monoisotopic (exact) mass is 310 g/mol. The topological polar surface area (TPSA) is 31.0 Å². The number of rotatable bonds is 10. The predicted molar refractivity (Wildman–Crippen MR) is 90.0 cm³/mol. The van der Waals surface area contributed by atoms with Gasteiger partial charge in [0.2, 0.25) is 0 Å². The van der Waals surface area contributed by atoms with Crippen LogP contribution in [0.4, 0.5) is 0 Å². The maximum atomic E-state index is 5.81. The van der Waals surface area contributed by atoms with E-state index in [1.807, 2.05) is 7.11 Å². The summed E-state index contributed by atoms with van der Waals surface area (Å²) >= 11 is 0. The van der Waals surface area contributed by atoms with E-state index in [2.05, 4.69) is 26.5 Å². The van der Waals surface area contributed by atoms with Gasteiger partial charge in [0.1, 0.15) is 5.60 Å². The maximum Gasteiger partial charge on any atom is 0.118 e. The first-order valence-corrected chi connectivity index (χ1v) is 9.02. The maximum absolute atomic E-state index is 5.81. The first-order valence-electron chi connectivity index (χ1n) is 9.02. The van der Waals surface area contributed by atoms with Crippen molar-refractivity contribution >= 4 is 0 Å². The van der Waals surface area contributed by atoms with E-state index < -0.39 is 0 Å². The van der Waals surface area contributed by atoms with Crippen molar-refractivity contribution in [2.75, 3.05) is 26.9 Å². The zero-order valence-electron chi connectivity index (χ0n) is 14.7. The highest BCUT2D eigenvalue weighted by Gasteiger charge is 2.55. The van der Waals surface area contributed by atoms with Gasteiger partial charge in [0, 0.05) is 13.7 Å². The Morgan fingerprint density at radius 2 is 2.09 bits per heavy atom. The number of allylic oxidation sites excluding steroid dienone is 1.